The van der Waals surface area contributed by atoms with E-state index >= 15 is 0 Å². The Morgan fingerprint density at radius 1 is 1.16 bits per heavy atom. The van der Waals surface area contributed by atoms with Gasteiger partial charge in [0.2, 0.25) is 11.1 Å². The molecular weight excluding hydrogens is 430 g/mol. The minimum atomic E-state index is -0.255. The first kappa shape index (κ1) is 22.9. The minimum Gasteiger partial charge on any atom is -0.497 e. The van der Waals surface area contributed by atoms with Crippen LogP contribution in [0.5, 0.6) is 11.5 Å². The van der Waals surface area contributed by atoms with E-state index in [1.165, 1.54) is 11.8 Å². The van der Waals surface area contributed by atoms with Crippen molar-refractivity contribution >= 4 is 35.0 Å². The third-order valence-corrected chi connectivity index (χ3v) is 5.35. The Morgan fingerprint density at radius 3 is 2.62 bits per heavy atom. The van der Waals surface area contributed by atoms with Gasteiger partial charge in [-0.3, -0.25) is 4.79 Å². The number of benzene rings is 2. The van der Waals surface area contributed by atoms with E-state index in [-0.39, 0.29) is 17.6 Å². The third kappa shape index (κ3) is 5.70. The summed E-state index contributed by atoms with van der Waals surface area (Å²) in [7, 11) is 3.08. The molecule has 10 nitrogen and oxygen atoms in total. The minimum absolute atomic E-state index is 0.0726. The summed E-state index contributed by atoms with van der Waals surface area (Å²) in [5.41, 5.74) is 5.22. The molecule has 32 heavy (non-hydrogen) atoms. The van der Waals surface area contributed by atoms with Crippen LogP contribution in [0.1, 0.15) is 18.9 Å². The number of ether oxygens (including phenoxy) is 2. The van der Waals surface area contributed by atoms with Crippen molar-refractivity contribution in [1.82, 2.24) is 14.9 Å². The zero-order chi connectivity index (χ0) is 22.9. The molecule has 11 heteroatoms. The number of methoxy groups -OCH3 is 2. The van der Waals surface area contributed by atoms with Gasteiger partial charge in [-0.25, -0.2) is 10.1 Å². The van der Waals surface area contributed by atoms with Crippen molar-refractivity contribution in [3.05, 3.63) is 54.1 Å². The Bertz CT molecular complexity index is 1090. The maximum atomic E-state index is 12.4. The molecule has 0 bridgehead atoms. The first-order valence-corrected chi connectivity index (χ1v) is 10.8. The van der Waals surface area contributed by atoms with Crippen LogP contribution in [0.25, 0.3) is 0 Å². The van der Waals surface area contributed by atoms with Crippen molar-refractivity contribution in [3.63, 3.8) is 0 Å². The Hall–Kier alpha value is -3.73. The topological polar surface area (TPSA) is 129 Å². The molecule has 1 aromatic heterocycles. The number of aromatic nitrogens is 3. The number of nitrogens with zero attached hydrogens (tertiary/aromatic N) is 4. The van der Waals surface area contributed by atoms with Crippen molar-refractivity contribution in [1.29, 1.82) is 0 Å². The van der Waals surface area contributed by atoms with Crippen LogP contribution in [0.3, 0.4) is 0 Å². The normalized spacial score (nSPS) is 11.2. The van der Waals surface area contributed by atoms with Crippen LogP contribution < -0.4 is 26.1 Å². The van der Waals surface area contributed by atoms with Crippen LogP contribution in [0, 0.1) is 0 Å². The fourth-order valence-electron chi connectivity index (χ4n) is 2.78. The monoisotopic (exact) mass is 455 g/mol. The molecule has 0 spiro atoms. The molecule has 168 valence electrons. The number of hydrogen-bond acceptors (Lipinski definition) is 9. The van der Waals surface area contributed by atoms with Gasteiger partial charge in [0.15, 0.2) is 0 Å². The highest BCUT2D eigenvalue weighted by Gasteiger charge is 2.14. The number of carbonyl (C=O) groups is 1. The number of nitrogen functional groups attached to an aromatic ring is 1. The maximum Gasteiger partial charge on any atom is 0.264 e. The first-order chi connectivity index (χ1) is 15.5. The molecule has 0 saturated carbocycles. The zero-order valence-electron chi connectivity index (χ0n) is 18.0. The molecule has 0 atom stereocenters. The van der Waals surface area contributed by atoms with E-state index in [1.54, 1.807) is 25.3 Å². The summed E-state index contributed by atoms with van der Waals surface area (Å²) in [5.74, 6) is 7.28. The molecule has 0 fully saturated rings. The van der Waals surface area contributed by atoms with Crippen LogP contribution in [0.15, 0.2) is 58.8 Å². The first-order valence-electron chi connectivity index (χ1n) is 9.78. The average Bonchev–Trinajstić information content (AvgIpc) is 3.18. The number of thioether (sulfide) groups is 1. The SMILES string of the molecule is CC/C(=N/Nc1nnc(SCC(=O)Nc2cc(OC)ccc2OC)n1N)c1ccccc1. The van der Waals surface area contributed by atoms with Gasteiger partial charge in [0, 0.05) is 6.07 Å². The lowest BCUT2D eigenvalue weighted by Crippen LogP contribution is -2.17. The maximum absolute atomic E-state index is 12.4. The van der Waals surface area contributed by atoms with Gasteiger partial charge in [0.25, 0.3) is 5.95 Å². The van der Waals surface area contributed by atoms with E-state index in [2.05, 4.69) is 26.0 Å². The predicted octanol–water partition coefficient (Wildman–Crippen LogP) is 2.97. The number of carbonyl (C=O) groups excluding carboxylic acids is 1. The number of rotatable bonds is 10. The second-order valence-corrected chi connectivity index (χ2v) is 7.41. The fraction of sp³-hybridized carbons (Fsp3) is 0.238. The molecule has 0 radical (unpaired) electrons. The lowest BCUT2D eigenvalue weighted by atomic mass is 10.1. The molecule has 0 unspecified atom stereocenters. The number of hydrazone groups is 1. The zero-order valence-corrected chi connectivity index (χ0v) is 18.8. The molecule has 1 heterocycles. The average molecular weight is 456 g/mol. The number of amides is 1. The lowest BCUT2D eigenvalue weighted by Gasteiger charge is -2.11. The van der Waals surface area contributed by atoms with Gasteiger partial charge in [-0.2, -0.15) is 5.10 Å². The van der Waals surface area contributed by atoms with Gasteiger partial charge in [-0.1, -0.05) is 49.0 Å². The molecule has 0 aliphatic carbocycles. The highest BCUT2D eigenvalue weighted by atomic mass is 32.2. The van der Waals surface area contributed by atoms with E-state index in [0.29, 0.717) is 22.3 Å². The molecule has 1 amide bonds. The smallest absolute Gasteiger partial charge is 0.264 e. The number of hydrogen-bond donors (Lipinski definition) is 3. The quantitative estimate of drug-likeness (QED) is 0.184. The summed E-state index contributed by atoms with van der Waals surface area (Å²) in [4.78, 5) is 12.4. The van der Waals surface area contributed by atoms with Gasteiger partial charge in [0.05, 0.1) is 31.4 Å². The molecule has 0 saturated heterocycles. The standard InChI is InChI=1S/C21H25N7O3S/c1-4-16(14-8-6-5-7-9-14)24-25-20-26-27-21(28(20)22)32-13-19(29)23-17-12-15(30-2)10-11-18(17)31-3/h5-12H,4,13,22H2,1-3H3,(H,23,29)(H,25,26)/b24-16-. The van der Waals surface area contributed by atoms with Gasteiger partial charge in [-0.15, -0.1) is 10.2 Å². The Kier molecular flexibility index (Phi) is 7.92. The summed E-state index contributed by atoms with van der Waals surface area (Å²) in [6.45, 7) is 2.01. The summed E-state index contributed by atoms with van der Waals surface area (Å²) >= 11 is 1.15. The predicted molar refractivity (Wildman–Crippen MR) is 126 cm³/mol. The van der Waals surface area contributed by atoms with Crippen molar-refractivity contribution in [3.8, 4) is 11.5 Å². The van der Waals surface area contributed by atoms with Crippen LogP contribution >= 0.6 is 11.8 Å². The Morgan fingerprint density at radius 2 is 1.94 bits per heavy atom. The Balaban J connectivity index is 1.61. The third-order valence-electron chi connectivity index (χ3n) is 4.41. The molecule has 0 aliphatic heterocycles. The van der Waals surface area contributed by atoms with Gasteiger partial charge < -0.3 is 20.6 Å². The second-order valence-electron chi connectivity index (χ2n) is 6.47. The number of nitrogens with two attached hydrogens (primary N) is 1. The van der Waals surface area contributed by atoms with Crippen LogP contribution in [-0.4, -0.2) is 46.5 Å². The molecule has 4 N–H and O–H groups in total. The summed E-state index contributed by atoms with van der Waals surface area (Å²) in [6, 6.07) is 15.0. The summed E-state index contributed by atoms with van der Waals surface area (Å²) < 4.78 is 11.7. The molecule has 3 aromatic rings. The second kappa shape index (κ2) is 11.0. The molecule has 2 aromatic carbocycles. The summed E-state index contributed by atoms with van der Waals surface area (Å²) in [5, 5.41) is 15.6. The van der Waals surface area contributed by atoms with Gasteiger partial charge in [0.1, 0.15) is 11.5 Å². The van der Waals surface area contributed by atoms with Gasteiger partial charge in [-0.05, 0) is 24.1 Å². The lowest BCUT2D eigenvalue weighted by molar-refractivity contribution is -0.113. The number of anilines is 2. The van der Waals surface area contributed by atoms with Crippen molar-refractivity contribution in [2.75, 3.05) is 36.6 Å². The van der Waals surface area contributed by atoms with E-state index in [0.717, 1.165) is 29.5 Å². The van der Waals surface area contributed by atoms with Crippen molar-refractivity contribution in [2.24, 2.45) is 5.10 Å². The van der Waals surface area contributed by atoms with Crippen LogP contribution in [0.2, 0.25) is 0 Å². The highest BCUT2D eigenvalue weighted by molar-refractivity contribution is 7.99. The van der Waals surface area contributed by atoms with E-state index in [1.807, 2.05) is 37.3 Å². The fourth-order valence-corrected chi connectivity index (χ4v) is 3.43. The van der Waals surface area contributed by atoms with Crippen LogP contribution in [-0.2, 0) is 4.79 Å². The van der Waals surface area contributed by atoms with E-state index in [9.17, 15) is 4.79 Å². The Labute approximate surface area is 190 Å². The molecule has 3 rings (SSSR count). The van der Waals surface area contributed by atoms with Gasteiger partial charge >= 0.3 is 0 Å². The van der Waals surface area contributed by atoms with E-state index < -0.39 is 0 Å². The van der Waals surface area contributed by atoms with Crippen LogP contribution in [0.4, 0.5) is 11.6 Å². The highest BCUT2D eigenvalue weighted by Crippen LogP contribution is 2.29. The van der Waals surface area contributed by atoms with E-state index in [4.69, 9.17) is 15.3 Å². The largest absolute Gasteiger partial charge is 0.497 e. The van der Waals surface area contributed by atoms with Crippen molar-refractivity contribution in [2.45, 2.75) is 18.5 Å². The van der Waals surface area contributed by atoms with Crippen molar-refractivity contribution < 1.29 is 14.3 Å². The summed E-state index contributed by atoms with van der Waals surface area (Å²) in [6.07, 6.45) is 0.727. The molecule has 0 aliphatic rings. The number of nitrogens with one attached hydrogen (secondary N) is 2. The molecular formula is C21H25N7O3S.